The second-order valence-corrected chi connectivity index (χ2v) is 5.18. The Morgan fingerprint density at radius 2 is 2.41 bits per heavy atom. The molecule has 94 valence electrons. The molecule has 17 heavy (non-hydrogen) atoms. The van der Waals surface area contributed by atoms with Crippen LogP contribution in [0.2, 0.25) is 0 Å². The lowest BCUT2D eigenvalue weighted by molar-refractivity contribution is 0.134. The fourth-order valence-corrected chi connectivity index (χ4v) is 3.46. The van der Waals surface area contributed by atoms with Gasteiger partial charge in [-0.1, -0.05) is 6.92 Å². The van der Waals surface area contributed by atoms with E-state index in [1.54, 1.807) is 0 Å². The maximum absolute atomic E-state index is 5.60. The van der Waals surface area contributed by atoms with Gasteiger partial charge in [-0.2, -0.15) is 0 Å². The van der Waals surface area contributed by atoms with E-state index in [0.717, 1.165) is 19.5 Å². The second-order valence-electron chi connectivity index (χ2n) is 5.18. The Labute approximate surface area is 103 Å². The molecule has 2 aliphatic rings. The number of likely N-dealkylation sites (N-methyl/N-ethyl adjacent to an activating group) is 1. The summed E-state index contributed by atoms with van der Waals surface area (Å²) in [4.78, 5) is 2.67. The predicted molar refractivity (Wildman–Crippen MR) is 68.0 cm³/mol. The third-order valence-electron chi connectivity index (χ3n) is 4.29. The molecule has 1 aliphatic heterocycles. The topological polar surface area (TPSA) is 28.4 Å². The monoisotopic (exact) mass is 234 g/mol. The number of aryl methyl sites for hydroxylation is 1. The van der Waals surface area contributed by atoms with Crippen LogP contribution in [0.5, 0.6) is 0 Å². The first kappa shape index (κ1) is 11.3. The summed E-state index contributed by atoms with van der Waals surface area (Å²) in [6, 6.07) is 3.49. The van der Waals surface area contributed by atoms with Crippen LogP contribution in [0.1, 0.15) is 43.6 Å². The Hall–Kier alpha value is -0.800. The minimum absolute atomic E-state index is 0.590. The molecule has 2 atom stereocenters. The van der Waals surface area contributed by atoms with Crippen LogP contribution >= 0.6 is 0 Å². The van der Waals surface area contributed by atoms with Crippen molar-refractivity contribution < 1.29 is 4.42 Å². The van der Waals surface area contributed by atoms with Crippen molar-refractivity contribution in [2.24, 2.45) is 0 Å². The number of hydrogen-bond donors (Lipinski definition) is 1. The molecule has 3 heteroatoms. The highest BCUT2D eigenvalue weighted by atomic mass is 16.3. The van der Waals surface area contributed by atoms with Gasteiger partial charge in [0.15, 0.2) is 0 Å². The van der Waals surface area contributed by atoms with Crippen molar-refractivity contribution in [1.29, 1.82) is 0 Å². The number of nitrogens with one attached hydrogen (secondary N) is 1. The van der Waals surface area contributed by atoms with E-state index in [0.29, 0.717) is 12.1 Å². The van der Waals surface area contributed by atoms with E-state index in [1.165, 1.54) is 37.1 Å². The van der Waals surface area contributed by atoms with Gasteiger partial charge in [0.1, 0.15) is 5.76 Å². The van der Waals surface area contributed by atoms with Gasteiger partial charge in [0, 0.05) is 30.6 Å². The Kier molecular flexibility index (Phi) is 3.21. The molecule has 3 rings (SSSR count). The maximum Gasteiger partial charge on any atom is 0.108 e. The van der Waals surface area contributed by atoms with E-state index < -0.39 is 0 Å². The highest BCUT2D eigenvalue weighted by Crippen LogP contribution is 2.36. The van der Waals surface area contributed by atoms with E-state index in [4.69, 9.17) is 4.42 Å². The van der Waals surface area contributed by atoms with Crippen LogP contribution in [0.25, 0.3) is 0 Å². The zero-order valence-corrected chi connectivity index (χ0v) is 10.6. The normalized spacial score (nSPS) is 28.6. The van der Waals surface area contributed by atoms with E-state index in [1.807, 2.05) is 6.26 Å². The zero-order chi connectivity index (χ0) is 11.7. The fourth-order valence-electron chi connectivity index (χ4n) is 3.46. The quantitative estimate of drug-likeness (QED) is 0.870. The van der Waals surface area contributed by atoms with Gasteiger partial charge in [-0.05, 0) is 38.4 Å². The summed E-state index contributed by atoms with van der Waals surface area (Å²) in [5.74, 6) is 1.23. The molecular formula is C14H22N2O. The summed E-state index contributed by atoms with van der Waals surface area (Å²) in [5, 5.41) is 3.48. The molecule has 1 aliphatic carbocycles. The van der Waals surface area contributed by atoms with Gasteiger partial charge in [0.25, 0.3) is 0 Å². The molecule has 0 aromatic carbocycles. The number of furan rings is 1. The van der Waals surface area contributed by atoms with Gasteiger partial charge in [-0.25, -0.2) is 0 Å². The van der Waals surface area contributed by atoms with Crippen molar-refractivity contribution in [2.45, 2.75) is 44.7 Å². The van der Waals surface area contributed by atoms with E-state index in [2.05, 4.69) is 23.2 Å². The highest BCUT2D eigenvalue weighted by Gasteiger charge is 2.32. The smallest absolute Gasteiger partial charge is 0.108 e. The molecule has 1 saturated heterocycles. The van der Waals surface area contributed by atoms with Gasteiger partial charge in [-0.3, -0.25) is 4.90 Å². The van der Waals surface area contributed by atoms with Crippen molar-refractivity contribution in [3.8, 4) is 0 Å². The van der Waals surface area contributed by atoms with Crippen LogP contribution in [0.15, 0.2) is 16.7 Å². The van der Waals surface area contributed by atoms with Gasteiger partial charge < -0.3 is 9.73 Å². The summed E-state index contributed by atoms with van der Waals surface area (Å²) in [7, 11) is 0. The Bertz CT molecular complexity index is 368. The maximum atomic E-state index is 5.60. The summed E-state index contributed by atoms with van der Waals surface area (Å²) >= 11 is 0. The van der Waals surface area contributed by atoms with Gasteiger partial charge in [0.2, 0.25) is 0 Å². The first-order valence-electron chi connectivity index (χ1n) is 6.93. The summed E-state index contributed by atoms with van der Waals surface area (Å²) in [5.41, 5.74) is 1.45. The van der Waals surface area contributed by atoms with Gasteiger partial charge in [-0.15, -0.1) is 0 Å². The number of nitrogens with zero attached hydrogens (tertiary/aromatic N) is 1. The lowest BCUT2D eigenvalue weighted by Crippen LogP contribution is -2.40. The molecule has 0 radical (unpaired) electrons. The molecule has 2 heterocycles. The standard InChI is InChI=1S/C14H22N2O/c1-2-16(11-6-8-15-10-11)13-4-3-5-14-12(13)7-9-17-14/h7,9,11,13,15H,2-6,8,10H2,1H3. The van der Waals surface area contributed by atoms with E-state index in [9.17, 15) is 0 Å². The van der Waals surface area contributed by atoms with Crippen LogP contribution in [-0.2, 0) is 6.42 Å². The minimum Gasteiger partial charge on any atom is -0.469 e. The fraction of sp³-hybridized carbons (Fsp3) is 0.714. The lowest BCUT2D eigenvalue weighted by atomic mass is 9.91. The van der Waals surface area contributed by atoms with Crippen LogP contribution in [0.3, 0.4) is 0 Å². The third-order valence-corrected chi connectivity index (χ3v) is 4.29. The molecule has 1 N–H and O–H groups in total. The molecule has 1 fully saturated rings. The minimum atomic E-state index is 0.590. The van der Waals surface area contributed by atoms with Crippen LogP contribution in [0, 0.1) is 0 Å². The summed E-state index contributed by atoms with van der Waals surface area (Å²) in [6.07, 6.45) is 6.83. The highest BCUT2D eigenvalue weighted by molar-refractivity contribution is 5.24. The molecule has 0 amide bonds. The molecule has 0 bridgehead atoms. The van der Waals surface area contributed by atoms with E-state index >= 15 is 0 Å². The second kappa shape index (κ2) is 4.83. The number of rotatable bonds is 3. The Morgan fingerprint density at radius 1 is 1.47 bits per heavy atom. The Balaban J connectivity index is 1.83. The summed E-state index contributed by atoms with van der Waals surface area (Å²) < 4.78 is 5.60. The van der Waals surface area contributed by atoms with Gasteiger partial charge in [0.05, 0.1) is 6.26 Å². The first-order valence-corrected chi connectivity index (χ1v) is 6.93. The third kappa shape index (κ3) is 2.02. The van der Waals surface area contributed by atoms with Crippen LogP contribution < -0.4 is 5.32 Å². The SMILES string of the molecule is CCN(C1CCNC1)C1CCCc2occc21. The van der Waals surface area contributed by atoms with Crippen molar-refractivity contribution in [3.05, 3.63) is 23.7 Å². The van der Waals surface area contributed by atoms with Gasteiger partial charge >= 0.3 is 0 Å². The molecular weight excluding hydrogens is 212 g/mol. The average Bonchev–Trinajstić information content (AvgIpc) is 3.00. The first-order chi connectivity index (χ1) is 8.40. The van der Waals surface area contributed by atoms with E-state index in [-0.39, 0.29) is 0 Å². The van der Waals surface area contributed by atoms with Crippen LogP contribution in [-0.4, -0.2) is 30.6 Å². The predicted octanol–water partition coefficient (Wildman–Crippen LogP) is 2.34. The van der Waals surface area contributed by atoms with Crippen molar-refractivity contribution in [2.75, 3.05) is 19.6 Å². The average molecular weight is 234 g/mol. The molecule has 2 unspecified atom stereocenters. The Morgan fingerprint density at radius 3 is 3.18 bits per heavy atom. The van der Waals surface area contributed by atoms with Crippen molar-refractivity contribution in [3.63, 3.8) is 0 Å². The largest absolute Gasteiger partial charge is 0.469 e. The number of hydrogen-bond acceptors (Lipinski definition) is 3. The summed E-state index contributed by atoms with van der Waals surface area (Å²) in [6.45, 7) is 5.75. The molecule has 3 nitrogen and oxygen atoms in total. The lowest BCUT2D eigenvalue weighted by Gasteiger charge is -2.37. The molecule has 0 spiro atoms. The number of fused-ring (bicyclic) bond motifs is 1. The van der Waals surface area contributed by atoms with Crippen LogP contribution in [0.4, 0.5) is 0 Å². The van der Waals surface area contributed by atoms with Crippen molar-refractivity contribution >= 4 is 0 Å². The van der Waals surface area contributed by atoms with Crippen molar-refractivity contribution in [1.82, 2.24) is 10.2 Å². The zero-order valence-electron chi connectivity index (χ0n) is 10.6. The molecule has 1 aromatic heterocycles. The molecule has 0 saturated carbocycles. The molecule has 1 aromatic rings.